The monoisotopic (exact) mass is 407 g/mol. The SMILES string of the molecule is Cl.NCC1(C(=O)Nc2cccc(Oc3ccc([N+](=O)[O-])cc3)c2)CCOCC1. The van der Waals surface area contributed by atoms with Crippen molar-refractivity contribution in [2.45, 2.75) is 12.8 Å². The molecule has 3 N–H and O–H groups in total. The Bertz CT molecular complexity index is 823. The van der Waals surface area contributed by atoms with Gasteiger partial charge in [0.2, 0.25) is 5.91 Å². The van der Waals surface area contributed by atoms with Gasteiger partial charge in [0.05, 0.1) is 10.3 Å². The van der Waals surface area contributed by atoms with E-state index in [0.29, 0.717) is 43.2 Å². The predicted octanol–water partition coefficient (Wildman–Crippen LogP) is 3.50. The number of ether oxygens (including phenoxy) is 2. The fraction of sp³-hybridized carbons (Fsp3) is 0.316. The summed E-state index contributed by atoms with van der Waals surface area (Å²) in [6.07, 6.45) is 1.18. The molecule has 0 saturated carbocycles. The Hall–Kier alpha value is -2.68. The van der Waals surface area contributed by atoms with Crippen molar-refractivity contribution in [2.24, 2.45) is 11.1 Å². The molecule has 0 atom stereocenters. The van der Waals surface area contributed by atoms with Crippen LogP contribution in [0.15, 0.2) is 48.5 Å². The number of carbonyl (C=O) groups excluding carboxylic acids is 1. The third kappa shape index (κ3) is 4.98. The van der Waals surface area contributed by atoms with Gasteiger partial charge in [-0.25, -0.2) is 0 Å². The Morgan fingerprint density at radius 1 is 1.18 bits per heavy atom. The molecule has 1 heterocycles. The van der Waals surface area contributed by atoms with Gasteiger partial charge in [0.15, 0.2) is 0 Å². The molecule has 1 aliphatic rings. The van der Waals surface area contributed by atoms with Gasteiger partial charge in [-0.15, -0.1) is 12.4 Å². The standard InChI is InChI=1S/C19H21N3O5.ClH/c20-13-19(8-10-26-11-9-19)18(23)21-14-2-1-3-17(12-14)27-16-6-4-15(5-7-16)22(24)25;/h1-7,12H,8-11,13,20H2,(H,21,23);1H. The highest BCUT2D eigenvalue weighted by Crippen LogP contribution is 2.32. The summed E-state index contributed by atoms with van der Waals surface area (Å²) in [7, 11) is 0. The summed E-state index contributed by atoms with van der Waals surface area (Å²) < 4.78 is 11.1. The quantitative estimate of drug-likeness (QED) is 0.559. The topological polar surface area (TPSA) is 117 Å². The molecule has 150 valence electrons. The maximum atomic E-state index is 12.7. The van der Waals surface area contributed by atoms with E-state index in [1.165, 1.54) is 24.3 Å². The number of hydrogen-bond acceptors (Lipinski definition) is 6. The lowest BCUT2D eigenvalue weighted by molar-refractivity contribution is -0.384. The van der Waals surface area contributed by atoms with E-state index in [1.807, 2.05) is 0 Å². The lowest BCUT2D eigenvalue weighted by Crippen LogP contribution is -2.46. The minimum Gasteiger partial charge on any atom is -0.457 e. The number of nitro groups is 1. The van der Waals surface area contributed by atoms with E-state index < -0.39 is 10.3 Å². The number of amides is 1. The molecule has 1 fully saturated rings. The smallest absolute Gasteiger partial charge is 0.269 e. The molecule has 1 amide bonds. The Morgan fingerprint density at radius 3 is 2.46 bits per heavy atom. The van der Waals surface area contributed by atoms with Crippen LogP contribution in [0, 0.1) is 15.5 Å². The molecule has 0 aromatic heterocycles. The Kier molecular flexibility index (Phi) is 7.33. The molecule has 28 heavy (non-hydrogen) atoms. The minimum absolute atomic E-state index is 0. The second kappa shape index (κ2) is 9.50. The Labute approximate surface area is 168 Å². The average molecular weight is 408 g/mol. The van der Waals surface area contributed by atoms with Crippen molar-refractivity contribution in [2.75, 3.05) is 25.1 Å². The highest BCUT2D eigenvalue weighted by Gasteiger charge is 2.38. The second-order valence-corrected chi connectivity index (χ2v) is 6.43. The summed E-state index contributed by atoms with van der Waals surface area (Å²) in [5, 5.41) is 13.6. The minimum atomic E-state index is -0.618. The van der Waals surface area contributed by atoms with Gasteiger partial charge in [0.1, 0.15) is 11.5 Å². The van der Waals surface area contributed by atoms with Gasteiger partial charge in [-0.1, -0.05) is 6.07 Å². The molecular formula is C19H22ClN3O5. The molecule has 8 nitrogen and oxygen atoms in total. The van der Waals surface area contributed by atoms with Crippen molar-refractivity contribution in [1.29, 1.82) is 0 Å². The molecule has 0 aliphatic carbocycles. The summed E-state index contributed by atoms with van der Waals surface area (Å²) in [6.45, 7) is 1.31. The van der Waals surface area contributed by atoms with Gasteiger partial charge < -0.3 is 20.5 Å². The van der Waals surface area contributed by atoms with E-state index in [2.05, 4.69) is 5.32 Å². The number of rotatable bonds is 6. The van der Waals surface area contributed by atoms with Crippen molar-refractivity contribution >= 4 is 29.7 Å². The summed E-state index contributed by atoms with van der Waals surface area (Å²) in [5.41, 5.74) is 5.84. The molecule has 0 spiro atoms. The molecule has 0 unspecified atom stereocenters. The third-order valence-electron chi connectivity index (χ3n) is 4.70. The summed E-state index contributed by atoms with van der Waals surface area (Å²) in [6, 6.07) is 12.8. The van der Waals surface area contributed by atoms with Crippen LogP contribution in [0.1, 0.15) is 12.8 Å². The third-order valence-corrected chi connectivity index (χ3v) is 4.70. The van der Waals surface area contributed by atoms with Crippen molar-refractivity contribution in [3.05, 3.63) is 58.6 Å². The number of nitro benzene ring substituents is 1. The molecule has 3 rings (SSSR count). The van der Waals surface area contributed by atoms with Crippen molar-refractivity contribution in [3.63, 3.8) is 0 Å². The first kappa shape index (κ1) is 21.6. The van der Waals surface area contributed by atoms with E-state index in [0.717, 1.165) is 0 Å². The maximum absolute atomic E-state index is 12.7. The van der Waals surface area contributed by atoms with Crippen LogP contribution in [0.4, 0.5) is 11.4 Å². The summed E-state index contributed by atoms with van der Waals surface area (Å²) in [5.74, 6) is 0.850. The lowest BCUT2D eigenvalue weighted by atomic mass is 9.79. The molecule has 1 saturated heterocycles. The van der Waals surface area contributed by atoms with Crippen LogP contribution in [0.3, 0.4) is 0 Å². The average Bonchev–Trinajstić information content (AvgIpc) is 2.69. The van der Waals surface area contributed by atoms with E-state index >= 15 is 0 Å². The van der Waals surface area contributed by atoms with Gasteiger partial charge in [0, 0.05) is 43.6 Å². The number of nitrogens with two attached hydrogens (primary N) is 1. The number of carbonyl (C=O) groups is 1. The number of non-ortho nitro benzene ring substituents is 1. The van der Waals surface area contributed by atoms with Crippen LogP contribution in [0.5, 0.6) is 11.5 Å². The van der Waals surface area contributed by atoms with E-state index in [-0.39, 0.29) is 30.5 Å². The number of hydrogen-bond donors (Lipinski definition) is 2. The van der Waals surface area contributed by atoms with Crippen LogP contribution < -0.4 is 15.8 Å². The number of anilines is 1. The molecule has 2 aromatic rings. The first-order valence-corrected chi connectivity index (χ1v) is 8.64. The molecule has 0 radical (unpaired) electrons. The lowest BCUT2D eigenvalue weighted by Gasteiger charge is -2.34. The molecule has 9 heteroatoms. The van der Waals surface area contributed by atoms with Crippen LogP contribution in [0.25, 0.3) is 0 Å². The van der Waals surface area contributed by atoms with Gasteiger partial charge in [-0.2, -0.15) is 0 Å². The highest BCUT2D eigenvalue weighted by atomic mass is 35.5. The Balaban J connectivity index is 0.00000280. The molecule has 1 aliphatic heterocycles. The fourth-order valence-electron chi connectivity index (χ4n) is 2.96. The molecule has 0 bridgehead atoms. The summed E-state index contributed by atoms with van der Waals surface area (Å²) >= 11 is 0. The van der Waals surface area contributed by atoms with Crippen molar-refractivity contribution < 1.29 is 19.2 Å². The van der Waals surface area contributed by atoms with Crippen LogP contribution in [-0.2, 0) is 9.53 Å². The van der Waals surface area contributed by atoms with Crippen LogP contribution in [0.2, 0.25) is 0 Å². The zero-order chi connectivity index (χ0) is 19.3. The van der Waals surface area contributed by atoms with Crippen molar-refractivity contribution in [3.8, 4) is 11.5 Å². The first-order valence-electron chi connectivity index (χ1n) is 8.64. The zero-order valence-corrected chi connectivity index (χ0v) is 15.9. The summed E-state index contributed by atoms with van der Waals surface area (Å²) in [4.78, 5) is 23.0. The van der Waals surface area contributed by atoms with Gasteiger partial charge in [-0.3, -0.25) is 14.9 Å². The van der Waals surface area contributed by atoms with Crippen LogP contribution in [-0.4, -0.2) is 30.6 Å². The van der Waals surface area contributed by atoms with Gasteiger partial charge in [0.25, 0.3) is 5.69 Å². The zero-order valence-electron chi connectivity index (χ0n) is 15.1. The molecular weight excluding hydrogens is 386 g/mol. The second-order valence-electron chi connectivity index (χ2n) is 6.43. The predicted molar refractivity (Wildman–Crippen MR) is 107 cm³/mol. The largest absolute Gasteiger partial charge is 0.457 e. The van der Waals surface area contributed by atoms with Gasteiger partial charge in [-0.05, 0) is 37.1 Å². The number of nitrogens with one attached hydrogen (secondary N) is 1. The van der Waals surface area contributed by atoms with E-state index in [4.69, 9.17) is 15.2 Å². The normalized spacial score (nSPS) is 15.2. The number of nitrogens with zero attached hydrogens (tertiary/aromatic N) is 1. The van der Waals surface area contributed by atoms with Crippen LogP contribution >= 0.6 is 12.4 Å². The maximum Gasteiger partial charge on any atom is 0.269 e. The number of benzene rings is 2. The first-order chi connectivity index (χ1) is 13.0. The van der Waals surface area contributed by atoms with E-state index in [9.17, 15) is 14.9 Å². The fourth-order valence-corrected chi connectivity index (χ4v) is 2.96. The highest BCUT2D eigenvalue weighted by molar-refractivity contribution is 5.95. The molecule has 2 aromatic carbocycles. The number of halogens is 1. The van der Waals surface area contributed by atoms with Crippen molar-refractivity contribution in [1.82, 2.24) is 0 Å². The van der Waals surface area contributed by atoms with Gasteiger partial charge >= 0.3 is 0 Å². The van der Waals surface area contributed by atoms with E-state index in [1.54, 1.807) is 24.3 Å². The Morgan fingerprint density at radius 2 is 1.86 bits per heavy atom.